The van der Waals surface area contributed by atoms with Crippen LogP contribution in [0.25, 0.3) is 5.65 Å². The maximum Gasteiger partial charge on any atom is 0.223 e. The van der Waals surface area contributed by atoms with Gasteiger partial charge in [0.2, 0.25) is 5.91 Å². The summed E-state index contributed by atoms with van der Waals surface area (Å²) in [7, 11) is 0. The van der Waals surface area contributed by atoms with Crippen molar-refractivity contribution in [3.05, 3.63) is 47.7 Å². The van der Waals surface area contributed by atoms with Gasteiger partial charge in [-0.05, 0) is 44.5 Å². The van der Waals surface area contributed by atoms with Gasteiger partial charge in [-0.25, -0.2) is 9.50 Å². The minimum atomic E-state index is 0.178. The number of hydrogen-bond donors (Lipinski definition) is 1. The number of rotatable bonds is 5. The van der Waals surface area contributed by atoms with Crippen molar-refractivity contribution in [2.75, 3.05) is 18.4 Å². The first-order valence-electron chi connectivity index (χ1n) is 8.99. The molecule has 0 saturated carbocycles. The van der Waals surface area contributed by atoms with E-state index in [9.17, 15) is 4.79 Å². The quantitative estimate of drug-likeness (QED) is 0.763. The second-order valence-corrected chi connectivity index (χ2v) is 6.89. The molecule has 26 heavy (non-hydrogen) atoms. The molecule has 3 aromatic heterocycles. The standard InChI is InChI=1S/C19H23N5O2/c1-13-11-24-18(20-13)7-6-17(22-24)21-15-9-10-23(12-15)19(25)8-5-16-4-3-14(2)26-16/h3-4,6-7,11,15H,5,8-10,12H2,1-2H3,(H,21,22). The zero-order valence-corrected chi connectivity index (χ0v) is 15.1. The van der Waals surface area contributed by atoms with Crippen LogP contribution in [0.4, 0.5) is 5.82 Å². The summed E-state index contributed by atoms with van der Waals surface area (Å²) in [5.74, 6) is 2.74. The Morgan fingerprint density at radius 3 is 3.00 bits per heavy atom. The van der Waals surface area contributed by atoms with Crippen LogP contribution in [0.15, 0.2) is 34.9 Å². The highest BCUT2D eigenvalue weighted by molar-refractivity contribution is 5.76. The average molecular weight is 353 g/mol. The van der Waals surface area contributed by atoms with Crippen LogP contribution in [0.3, 0.4) is 0 Å². The molecular weight excluding hydrogens is 330 g/mol. The topological polar surface area (TPSA) is 75.7 Å². The highest BCUT2D eigenvalue weighted by Gasteiger charge is 2.26. The molecule has 7 nitrogen and oxygen atoms in total. The Hall–Kier alpha value is -2.83. The van der Waals surface area contributed by atoms with Crippen LogP contribution in [-0.4, -0.2) is 44.5 Å². The van der Waals surface area contributed by atoms with Crippen LogP contribution in [-0.2, 0) is 11.2 Å². The lowest BCUT2D eigenvalue weighted by Crippen LogP contribution is -2.31. The Morgan fingerprint density at radius 1 is 1.31 bits per heavy atom. The van der Waals surface area contributed by atoms with E-state index in [0.29, 0.717) is 19.4 Å². The first kappa shape index (κ1) is 16.6. The van der Waals surface area contributed by atoms with Crippen molar-refractivity contribution in [1.29, 1.82) is 0 Å². The fourth-order valence-corrected chi connectivity index (χ4v) is 3.40. The van der Waals surface area contributed by atoms with Crippen molar-refractivity contribution in [3.8, 4) is 0 Å². The molecule has 0 bridgehead atoms. The summed E-state index contributed by atoms with van der Waals surface area (Å²) in [6, 6.07) is 7.98. The van der Waals surface area contributed by atoms with Crippen LogP contribution in [0.2, 0.25) is 0 Å². The largest absolute Gasteiger partial charge is 0.466 e. The summed E-state index contributed by atoms with van der Waals surface area (Å²) < 4.78 is 7.31. The molecule has 0 aromatic carbocycles. The van der Waals surface area contributed by atoms with Crippen molar-refractivity contribution in [2.45, 2.75) is 39.2 Å². The third-order valence-electron chi connectivity index (χ3n) is 4.71. The van der Waals surface area contributed by atoms with E-state index in [1.54, 1.807) is 4.52 Å². The van der Waals surface area contributed by atoms with Crippen molar-refractivity contribution in [3.63, 3.8) is 0 Å². The maximum absolute atomic E-state index is 12.4. The monoisotopic (exact) mass is 353 g/mol. The molecule has 1 unspecified atom stereocenters. The highest BCUT2D eigenvalue weighted by Crippen LogP contribution is 2.17. The number of aromatic nitrogens is 3. The fraction of sp³-hybridized carbons (Fsp3) is 0.421. The van der Waals surface area contributed by atoms with Crippen molar-refractivity contribution in [1.82, 2.24) is 19.5 Å². The lowest BCUT2D eigenvalue weighted by atomic mass is 10.2. The van der Waals surface area contributed by atoms with E-state index in [-0.39, 0.29) is 11.9 Å². The zero-order valence-electron chi connectivity index (χ0n) is 15.1. The molecule has 0 radical (unpaired) electrons. The van der Waals surface area contributed by atoms with Gasteiger partial charge in [-0.15, -0.1) is 5.10 Å². The van der Waals surface area contributed by atoms with Crippen LogP contribution >= 0.6 is 0 Å². The molecule has 4 rings (SSSR count). The summed E-state index contributed by atoms with van der Waals surface area (Å²) in [6.45, 7) is 5.35. The van der Waals surface area contributed by atoms with Gasteiger partial charge in [-0.3, -0.25) is 4.79 Å². The maximum atomic E-state index is 12.4. The molecule has 3 aromatic rings. The molecule has 1 atom stereocenters. The third-order valence-corrected chi connectivity index (χ3v) is 4.71. The molecule has 7 heteroatoms. The van der Waals surface area contributed by atoms with Gasteiger partial charge < -0.3 is 14.6 Å². The molecule has 4 heterocycles. The number of aryl methyl sites for hydroxylation is 3. The van der Waals surface area contributed by atoms with Crippen molar-refractivity contribution >= 4 is 17.4 Å². The van der Waals surface area contributed by atoms with E-state index >= 15 is 0 Å². The summed E-state index contributed by atoms with van der Waals surface area (Å²) in [6.07, 6.45) is 3.97. The fourth-order valence-electron chi connectivity index (χ4n) is 3.40. The third kappa shape index (κ3) is 3.56. The average Bonchev–Trinajstić information content (AvgIpc) is 3.32. The SMILES string of the molecule is Cc1cn2nc(NC3CCN(C(=O)CCc4ccc(C)o4)C3)ccc2n1. The van der Waals surface area contributed by atoms with Gasteiger partial charge in [0.1, 0.15) is 17.3 Å². The Balaban J connectivity index is 1.31. The minimum absolute atomic E-state index is 0.178. The van der Waals surface area contributed by atoms with E-state index in [1.165, 1.54) is 0 Å². The second-order valence-electron chi connectivity index (χ2n) is 6.89. The lowest BCUT2D eigenvalue weighted by molar-refractivity contribution is -0.130. The Labute approximate surface area is 152 Å². The lowest BCUT2D eigenvalue weighted by Gasteiger charge is -2.17. The van der Waals surface area contributed by atoms with Crippen molar-refractivity contribution in [2.24, 2.45) is 0 Å². The first-order valence-corrected chi connectivity index (χ1v) is 8.99. The molecule has 1 aliphatic rings. The molecule has 0 spiro atoms. The van der Waals surface area contributed by atoms with Gasteiger partial charge in [0.05, 0.1) is 11.9 Å². The van der Waals surface area contributed by atoms with Gasteiger partial charge >= 0.3 is 0 Å². The number of amides is 1. The van der Waals surface area contributed by atoms with Crippen LogP contribution in [0.1, 0.15) is 30.1 Å². The molecule has 1 fully saturated rings. The number of likely N-dealkylation sites (tertiary alicyclic amines) is 1. The summed E-state index contributed by atoms with van der Waals surface area (Å²) in [5.41, 5.74) is 1.78. The predicted octanol–water partition coefficient (Wildman–Crippen LogP) is 2.58. The van der Waals surface area contributed by atoms with Gasteiger partial charge in [0, 0.05) is 32.0 Å². The Kier molecular flexibility index (Phi) is 4.36. The first-order chi connectivity index (χ1) is 12.6. The minimum Gasteiger partial charge on any atom is -0.466 e. The number of fused-ring (bicyclic) bond motifs is 1. The zero-order chi connectivity index (χ0) is 18.1. The van der Waals surface area contributed by atoms with E-state index in [4.69, 9.17) is 4.42 Å². The number of nitrogens with one attached hydrogen (secondary N) is 1. The summed E-state index contributed by atoms with van der Waals surface area (Å²) >= 11 is 0. The van der Waals surface area contributed by atoms with Crippen LogP contribution in [0.5, 0.6) is 0 Å². The summed E-state index contributed by atoms with van der Waals surface area (Å²) in [4.78, 5) is 18.7. The number of imidazole rings is 1. The Morgan fingerprint density at radius 2 is 2.19 bits per heavy atom. The Bertz CT molecular complexity index is 929. The number of furan rings is 1. The van der Waals surface area contributed by atoms with Crippen LogP contribution < -0.4 is 5.32 Å². The molecular formula is C19H23N5O2. The van der Waals surface area contributed by atoms with Crippen LogP contribution in [0, 0.1) is 13.8 Å². The van der Waals surface area contributed by atoms with Gasteiger partial charge in [-0.2, -0.15) is 0 Å². The molecule has 136 valence electrons. The van der Waals surface area contributed by atoms with Gasteiger partial charge in [0.25, 0.3) is 0 Å². The molecule has 1 N–H and O–H groups in total. The van der Waals surface area contributed by atoms with E-state index in [2.05, 4.69) is 15.4 Å². The van der Waals surface area contributed by atoms with E-state index in [0.717, 1.165) is 41.6 Å². The summed E-state index contributed by atoms with van der Waals surface area (Å²) in [5, 5.41) is 7.97. The van der Waals surface area contributed by atoms with Crippen molar-refractivity contribution < 1.29 is 9.21 Å². The normalized spacial score (nSPS) is 17.2. The number of nitrogens with zero attached hydrogens (tertiary/aromatic N) is 4. The highest BCUT2D eigenvalue weighted by atomic mass is 16.3. The van der Waals surface area contributed by atoms with E-state index < -0.39 is 0 Å². The smallest absolute Gasteiger partial charge is 0.223 e. The number of carbonyl (C=O) groups excluding carboxylic acids is 1. The number of anilines is 1. The predicted molar refractivity (Wildman–Crippen MR) is 98.1 cm³/mol. The number of carbonyl (C=O) groups is 1. The van der Waals surface area contributed by atoms with Gasteiger partial charge in [0.15, 0.2) is 5.65 Å². The molecule has 1 aliphatic heterocycles. The molecule has 0 aliphatic carbocycles. The van der Waals surface area contributed by atoms with E-state index in [1.807, 2.05) is 49.2 Å². The second kappa shape index (κ2) is 6.82. The molecule has 1 amide bonds. The van der Waals surface area contributed by atoms with Gasteiger partial charge in [-0.1, -0.05) is 0 Å². The molecule has 1 saturated heterocycles. The number of hydrogen-bond acceptors (Lipinski definition) is 5.